The van der Waals surface area contributed by atoms with E-state index >= 15 is 0 Å². The quantitative estimate of drug-likeness (QED) is 0.656. The van der Waals surface area contributed by atoms with E-state index in [1.165, 1.54) is 0 Å². The third-order valence-corrected chi connectivity index (χ3v) is 2.53. The van der Waals surface area contributed by atoms with Gasteiger partial charge in [0, 0.05) is 17.8 Å². The van der Waals surface area contributed by atoms with Crippen molar-refractivity contribution in [2.24, 2.45) is 5.73 Å². The number of rotatable bonds is 4. The number of nitrogens with zero attached hydrogens (tertiary/aromatic N) is 1. The fourth-order valence-corrected chi connectivity index (χ4v) is 1.63. The van der Waals surface area contributed by atoms with Crippen molar-refractivity contribution in [2.75, 3.05) is 0 Å². The lowest BCUT2D eigenvalue weighted by Crippen LogP contribution is -2.11. The number of halogens is 1. The molecule has 0 unspecified atom stereocenters. The van der Waals surface area contributed by atoms with Crippen LogP contribution in [0.2, 0.25) is 5.02 Å². The lowest BCUT2D eigenvalue weighted by Gasteiger charge is -2.07. The molecule has 0 aliphatic rings. The van der Waals surface area contributed by atoms with Gasteiger partial charge >= 0.3 is 0 Å². The van der Waals surface area contributed by atoms with Crippen molar-refractivity contribution in [3.05, 3.63) is 58.9 Å². The molecule has 18 heavy (non-hydrogen) atoms. The SMILES string of the molecule is N=C(N)c1cccc(COc2cncc(Cl)c2)c1. The van der Waals surface area contributed by atoms with Gasteiger partial charge in [0.15, 0.2) is 0 Å². The molecule has 0 fully saturated rings. The second kappa shape index (κ2) is 5.51. The van der Waals surface area contributed by atoms with Gasteiger partial charge in [-0.05, 0) is 11.6 Å². The molecule has 2 aromatic rings. The van der Waals surface area contributed by atoms with Crippen LogP contribution in [0.3, 0.4) is 0 Å². The van der Waals surface area contributed by atoms with Crippen molar-refractivity contribution >= 4 is 17.4 Å². The highest BCUT2D eigenvalue weighted by molar-refractivity contribution is 6.30. The summed E-state index contributed by atoms with van der Waals surface area (Å²) in [4.78, 5) is 3.93. The number of aromatic nitrogens is 1. The van der Waals surface area contributed by atoms with Crippen LogP contribution in [-0.4, -0.2) is 10.8 Å². The molecule has 3 N–H and O–H groups in total. The first-order chi connectivity index (χ1) is 8.65. The van der Waals surface area contributed by atoms with Gasteiger partial charge in [0.05, 0.1) is 11.2 Å². The van der Waals surface area contributed by atoms with E-state index in [-0.39, 0.29) is 5.84 Å². The summed E-state index contributed by atoms with van der Waals surface area (Å²) < 4.78 is 5.55. The molecule has 0 amide bonds. The number of nitrogens with one attached hydrogen (secondary N) is 1. The standard InChI is InChI=1S/C13H12ClN3O/c14-11-5-12(7-17-6-11)18-8-9-2-1-3-10(4-9)13(15)16/h1-7H,8H2,(H3,15,16). The Morgan fingerprint density at radius 3 is 2.89 bits per heavy atom. The number of hydrogen-bond acceptors (Lipinski definition) is 3. The van der Waals surface area contributed by atoms with Crippen LogP contribution in [0.25, 0.3) is 0 Å². The zero-order valence-corrected chi connectivity index (χ0v) is 10.3. The molecule has 0 bridgehead atoms. The van der Waals surface area contributed by atoms with Gasteiger partial charge in [-0.25, -0.2) is 0 Å². The highest BCUT2D eigenvalue weighted by Crippen LogP contribution is 2.16. The average Bonchev–Trinajstić information content (AvgIpc) is 2.37. The highest BCUT2D eigenvalue weighted by atomic mass is 35.5. The third-order valence-electron chi connectivity index (χ3n) is 2.32. The highest BCUT2D eigenvalue weighted by Gasteiger charge is 2.00. The number of amidine groups is 1. The molecular weight excluding hydrogens is 250 g/mol. The molecule has 0 saturated carbocycles. The van der Waals surface area contributed by atoms with Gasteiger partial charge in [0.25, 0.3) is 0 Å². The molecule has 0 aliphatic heterocycles. The molecule has 1 heterocycles. The van der Waals surface area contributed by atoms with Crippen LogP contribution in [0.15, 0.2) is 42.7 Å². The molecule has 5 heteroatoms. The Kier molecular flexibility index (Phi) is 3.79. The number of hydrogen-bond donors (Lipinski definition) is 2. The van der Waals surface area contributed by atoms with Crippen LogP contribution >= 0.6 is 11.6 Å². The smallest absolute Gasteiger partial charge is 0.139 e. The molecule has 0 radical (unpaired) electrons. The molecule has 2 rings (SSSR count). The van der Waals surface area contributed by atoms with E-state index in [4.69, 9.17) is 27.5 Å². The Morgan fingerprint density at radius 2 is 2.17 bits per heavy atom. The first kappa shape index (κ1) is 12.4. The van der Waals surface area contributed by atoms with Crippen molar-refractivity contribution in [3.63, 3.8) is 0 Å². The molecule has 1 aromatic carbocycles. The van der Waals surface area contributed by atoms with Crippen molar-refractivity contribution in [1.29, 1.82) is 5.41 Å². The Labute approximate surface area is 110 Å². The van der Waals surface area contributed by atoms with Crippen LogP contribution in [-0.2, 0) is 6.61 Å². The zero-order valence-electron chi connectivity index (χ0n) is 9.56. The second-order valence-electron chi connectivity index (χ2n) is 3.74. The summed E-state index contributed by atoms with van der Waals surface area (Å²) in [5.74, 6) is 0.650. The van der Waals surface area contributed by atoms with E-state index in [0.29, 0.717) is 22.9 Å². The molecule has 0 spiro atoms. The summed E-state index contributed by atoms with van der Waals surface area (Å²) in [6, 6.07) is 9.05. The van der Waals surface area contributed by atoms with Gasteiger partial charge in [-0.15, -0.1) is 0 Å². The van der Waals surface area contributed by atoms with Crippen LogP contribution in [0.5, 0.6) is 5.75 Å². The third kappa shape index (κ3) is 3.21. The first-order valence-electron chi connectivity index (χ1n) is 5.32. The summed E-state index contributed by atoms with van der Waals surface area (Å²) in [5.41, 5.74) is 7.04. The Morgan fingerprint density at radius 1 is 1.33 bits per heavy atom. The number of benzene rings is 1. The van der Waals surface area contributed by atoms with E-state index in [1.54, 1.807) is 24.5 Å². The predicted octanol–water partition coefficient (Wildman–Crippen LogP) is 2.60. The van der Waals surface area contributed by atoms with Crippen molar-refractivity contribution in [2.45, 2.75) is 6.61 Å². The maximum atomic E-state index is 7.37. The second-order valence-corrected chi connectivity index (χ2v) is 4.18. The van der Waals surface area contributed by atoms with E-state index < -0.39 is 0 Å². The molecule has 92 valence electrons. The van der Waals surface area contributed by atoms with Crippen LogP contribution in [0, 0.1) is 5.41 Å². The lowest BCUT2D eigenvalue weighted by molar-refractivity contribution is 0.305. The summed E-state index contributed by atoms with van der Waals surface area (Å²) in [6.45, 7) is 0.378. The Hall–Kier alpha value is -2.07. The minimum atomic E-state index is 0.0428. The maximum absolute atomic E-state index is 7.37. The predicted molar refractivity (Wildman–Crippen MR) is 71.0 cm³/mol. The summed E-state index contributed by atoms with van der Waals surface area (Å²) in [6.07, 6.45) is 3.14. The van der Waals surface area contributed by atoms with Gasteiger partial charge in [-0.2, -0.15) is 0 Å². The van der Waals surface area contributed by atoms with Crippen molar-refractivity contribution in [3.8, 4) is 5.75 Å². The summed E-state index contributed by atoms with van der Waals surface area (Å²) in [7, 11) is 0. The zero-order chi connectivity index (χ0) is 13.0. The van der Waals surface area contributed by atoms with Gasteiger partial charge < -0.3 is 10.5 Å². The van der Waals surface area contributed by atoms with E-state index in [2.05, 4.69) is 4.98 Å². The first-order valence-corrected chi connectivity index (χ1v) is 5.69. The normalized spacial score (nSPS) is 10.1. The molecular formula is C13H12ClN3O. The molecule has 0 aliphatic carbocycles. The van der Waals surface area contributed by atoms with E-state index in [0.717, 1.165) is 5.56 Å². The number of nitrogen functional groups attached to an aromatic ring is 1. The number of ether oxygens (including phenoxy) is 1. The Balaban J connectivity index is 2.06. The minimum absolute atomic E-state index is 0.0428. The molecule has 0 atom stereocenters. The van der Waals surface area contributed by atoms with Crippen LogP contribution in [0.1, 0.15) is 11.1 Å². The van der Waals surface area contributed by atoms with Gasteiger partial charge in [-0.3, -0.25) is 10.4 Å². The van der Waals surface area contributed by atoms with Gasteiger partial charge in [0.2, 0.25) is 0 Å². The van der Waals surface area contributed by atoms with Crippen LogP contribution in [0.4, 0.5) is 0 Å². The van der Waals surface area contributed by atoms with Crippen molar-refractivity contribution in [1.82, 2.24) is 4.98 Å². The number of pyridine rings is 1. The molecule has 1 aromatic heterocycles. The summed E-state index contributed by atoms with van der Waals surface area (Å²) in [5, 5.41) is 7.90. The molecule has 0 saturated heterocycles. The largest absolute Gasteiger partial charge is 0.487 e. The minimum Gasteiger partial charge on any atom is -0.487 e. The fraction of sp³-hybridized carbons (Fsp3) is 0.0769. The monoisotopic (exact) mass is 261 g/mol. The maximum Gasteiger partial charge on any atom is 0.139 e. The van der Waals surface area contributed by atoms with E-state index in [1.807, 2.05) is 18.2 Å². The lowest BCUT2D eigenvalue weighted by atomic mass is 10.1. The van der Waals surface area contributed by atoms with E-state index in [9.17, 15) is 0 Å². The van der Waals surface area contributed by atoms with Gasteiger partial charge in [-0.1, -0.05) is 29.8 Å². The average molecular weight is 262 g/mol. The fourth-order valence-electron chi connectivity index (χ4n) is 1.47. The van der Waals surface area contributed by atoms with Crippen LogP contribution < -0.4 is 10.5 Å². The summed E-state index contributed by atoms with van der Waals surface area (Å²) >= 11 is 5.81. The van der Waals surface area contributed by atoms with Gasteiger partial charge in [0.1, 0.15) is 18.2 Å². The van der Waals surface area contributed by atoms with Crippen molar-refractivity contribution < 1.29 is 4.74 Å². The Bertz CT molecular complexity index is 572. The number of nitrogens with two attached hydrogens (primary N) is 1. The molecule has 4 nitrogen and oxygen atoms in total. The topological polar surface area (TPSA) is 72.0 Å².